The molecule has 0 fully saturated rings. The number of carbonyl (C=O) groups is 2. The van der Waals surface area contributed by atoms with E-state index in [4.69, 9.17) is 4.74 Å². The van der Waals surface area contributed by atoms with E-state index in [0.29, 0.717) is 23.4 Å². The Labute approximate surface area is 145 Å². The average Bonchev–Trinajstić information content (AvgIpc) is 3.15. The third kappa shape index (κ3) is 3.92. The van der Waals surface area contributed by atoms with Crippen molar-refractivity contribution in [2.75, 3.05) is 12.4 Å². The van der Waals surface area contributed by atoms with Gasteiger partial charge >= 0.3 is 5.97 Å². The molecular formula is C19H17N3O3. The van der Waals surface area contributed by atoms with Crippen molar-refractivity contribution >= 4 is 17.6 Å². The molecule has 0 radical (unpaired) electrons. The van der Waals surface area contributed by atoms with Crippen LogP contribution in [0.2, 0.25) is 0 Å². The molecule has 6 heteroatoms. The zero-order valence-corrected chi connectivity index (χ0v) is 13.7. The number of para-hydroxylation sites is 1. The fraction of sp³-hybridized carbons (Fsp3) is 0.105. The largest absolute Gasteiger partial charge is 0.465 e. The van der Waals surface area contributed by atoms with Crippen molar-refractivity contribution in [3.63, 3.8) is 0 Å². The summed E-state index contributed by atoms with van der Waals surface area (Å²) in [6, 6.07) is 15.8. The number of methoxy groups -OCH3 is 1. The third-order valence-corrected chi connectivity index (χ3v) is 3.70. The Kier molecular flexibility index (Phi) is 4.89. The lowest BCUT2D eigenvalue weighted by atomic mass is 10.1. The van der Waals surface area contributed by atoms with Gasteiger partial charge < -0.3 is 10.1 Å². The maximum atomic E-state index is 12.4. The minimum absolute atomic E-state index is 0.290. The number of nitrogens with one attached hydrogen (secondary N) is 1. The number of hydrogen-bond acceptors (Lipinski definition) is 4. The number of hydrogen-bond donors (Lipinski definition) is 1. The lowest BCUT2D eigenvalue weighted by Crippen LogP contribution is -2.15. The van der Waals surface area contributed by atoms with Crippen LogP contribution in [0.3, 0.4) is 0 Å². The van der Waals surface area contributed by atoms with Crippen molar-refractivity contribution in [3.05, 3.63) is 83.7 Å². The van der Waals surface area contributed by atoms with Gasteiger partial charge in [0.05, 0.1) is 24.9 Å². The van der Waals surface area contributed by atoms with Crippen LogP contribution < -0.4 is 5.32 Å². The van der Waals surface area contributed by atoms with Gasteiger partial charge in [-0.2, -0.15) is 5.10 Å². The normalized spacial score (nSPS) is 10.3. The Morgan fingerprint density at radius 3 is 2.52 bits per heavy atom. The minimum atomic E-state index is -0.495. The molecular weight excluding hydrogens is 318 g/mol. The van der Waals surface area contributed by atoms with E-state index in [1.165, 1.54) is 7.11 Å². The Morgan fingerprint density at radius 2 is 1.84 bits per heavy atom. The van der Waals surface area contributed by atoms with Gasteiger partial charge in [0, 0.05) is 18.0 Å². The van der Waals surface area contributed by atoms with Crippen LogP contribution in [0.5, 0.6) is 0 Å². The molecule has 1 amide bonds. The second-order valence-corrected chi connectivity index (χ2v) is 5.39. The first-order valence-electron chi connectivity index (χ1n) is 7.72. The van der Waals surface area contributed by atoms with Crippen LogP contribution in [-0.4, -0.2) is 28.8 Å². The Bertz CT molecular complexity index is 871. The minimum Gasteiger partial charge on any atom is -0.465 e. The fourth-order valence-corrected chi connectivity index (χ4v) is 2.42. The number of aromatic nitrogens is 2. The molecule has 126 valence electrons. The molecule has 0 atom stereocenters. The first-order chi connectivity index (χ1) is 12.2. The van der Waals surface area contributed by atoms with Crippen LogP contribution in [0.25, 0.3) is 0 Å². The van der Waals surface area contributed by atoms with Gasteiger partial charge in [-0.3, -0.25) is 9.48 Å². The Balaban J connectivity index is 1.72. The Hall–Kier alpha value is -3.41. The lowest BCUT2D eigenvalue weighted by molar-refractivity contribution is 0.0602. The van der Waals surface area contributed by atoms with E-state index in [9.17, 15) is 9.59 Å². The standard InChI is InChI=1S/C19H17N3O3/c1-25-19(24)16-5-2-3-6-17(16)21-18(23)15-9-7-14(8-10-15)13-22-12-4-11-20-22/h2-12H,13H2,1H3,(H,21,23). The monoisotopic (exact) mass is 335 g/mol. The quantitative estimate of drug-likeness (QED) is 0.728. The lowest BCUT2D eigenvalue weighted by Gasteiger charge is -2.10. The summed E-state index contributed by atoms with van der Waals surface area (Å²) in [5.41, 5.74) is 2.27. The predicted octanol–water partition coefficient (Wildman–Crippen LogP) is 2.97. The van der Waals surface area contributed by atoms with E-state index >= 15 is 0 Å². The second-order valence-electron chi connectivity index (χ2n) is 5.39. The Morgan fingerprint density at radius 1 is 1.08 bits per heavy atom. The summed E-state index contributed by atoms with van der Waals surface area (Å²) >= 11 is 0. The van der Waals surface area contributed by atoms with Crippen molar-refractivity contribution in [2.24, 2.45) is 0 Å². The van der Waals surface area contributed by atoms with Gasteiger partial charge in [0.15, 0.2) is 0 Å². The summed E-state index contributed by atoms with van der Waals surface area (Å²) in [6.45, 7) is 0.639. The van der Waals surface area contributed by atoms with Crippen molar-refractivity contribution in [2.45, 2.75) is 6.54 Å². The van der Waals surface area contributed by atoms with Crippen molar-refractivity contribution < 1.29 is 14.3 Å². The van der Waals surface area contributed by atoms with Crippen LogP contribution >= 0.6 is 0 Å². The number of nitrogens with zero attached hydrogens (tertiary/aromatic N) is 2. The van der Waals surface area contributed by atoms with Gasteiger partial charge in [-0.05, 0) is 35.9 Å². The van der Waals surface area contributed by atoms with Gasteiger partial charge in [0.25, 0.3) is 5.91 Å². The predicted molar refractivity (Wildman–Crippen MR) is 93.5 cm³/mol. The summed E-state index contributed by atoms with van der Waals surface area (Å²) in [7, 11) is 1.30. The van der Waals surface area contributed by atoms with Gasteiger partial charge in [0.2, 0.25) is 0 Å². The summed E-state index contributed by atoms with van der Waals surface area (Å²) < 4.78 is 6.54. The molecule has 3 aromatic rings. The van der Waals surface area contributed by atoms with E-state index in [1.807, 2.05) is 29.1 Å². The molecule has 0 bridgehead atoms. The molecule has 1 aromatic heterocycles. The van der Waals surface area contributed by atoms with Gasteiger partial charge in [0.1, 0.15) is 0 Å². The van der Waals surface area contributed by atoms with Crippen molar-refractivity contribution in [1.29, 1.82) is 0 Å². The molecule has 1 heterocycles. The van der Waals surface area contributed by atoms with Crippen LogP contribution in [-0.2, 0) is 11.3 Å². The fourth-order valence-electron chi connectivity index (χ4n) is 2.42. The molecule has 2 aromatic carbocycles. The van der Waals surface area contributed by atoms with Crippen LogP contribution in [0.15, 0.2) is 67.0 Å². The molecule has 6 nitrogen and oxygen atoms in total. The van der Waals surface area contributed by atoms with E-state index in [0.717, 1.165) is 5.56 Å². The van der Waals surface area contributed by atoms with E-state index in [2.05, 4.69) is 10.4 Å². The highest BCUT2D eigenvalue weighted by atomic mass is 16.5. The summed E-state index contributed by atoms with van der Waals surface area (Å²) in [5.74, 6) is -0.785. The van der Waals surface area contributed by atoms with E-state index in [1.54, 1.807) is 42.6 Å². The van der Waals surface area contributed by atoms with Crippen molar-refractivity contribution in [3.8, 4) is 0 Å². The average molecular weight is 335 g/mol. The number of carbonyl (C=O) groups excluding carboxylic acids is 2. The molecule has 0 aliphatic heterocycles. The topological polar surface area (TPSA) is 73.2 Å². The molecule has 0 saturated heterocycles. The number of rotatable bonds is 5. The smallest absolute Gasteiger partial charge is 0.339 e. The van der Waals surface area contributed by atoms with Crippen LogP contribution in [0.1, 0.15) is 26.3 Å². The molecule has 0 aliphatic rings. The first kappa shape index (κ1) is 16.4. The van der Waals surface area contributed by atoms with E-state index < -0.39 is 5.97 Å². The summed E-state index contributed by atoms with van der Waals surface area (Å²) in [4.78, 5) is 24.2. The number of ether oxygens (including phenoxy) is 1. The van der Waals surface area contributed by atoms with Gasteiger partial charge in [-0.1, -0.05) is 24.3 Å². The van der Waals surface area contributed by atoms with E-state index in [-0.39, 0.29) is 5.91 Å². The van der Waals surface area contributed by atoms with Crippen LogP contribution in [0, 0.1) is 0 Å². The van der Waals surface area contributed by atoms with Gasteiger partial charge in [-0.25, -0.2) is 4.79 Å². The first-order valence-corrected chi connectivity index (χ1v) is 7.72. The highest BCUT2D eigenvalue weighted by Gasteiger charge is 2.14. The molecule has 0 aliphatic carbocycles. The molecule has 25 heavy (non-hydrogen) atoms. The summed E-state index contributed by atoms with van der Waals surface area (Å²) in [6.07, 6.45) is 3.60. The molecule has 0 spiro atoms. The van der Waals surface area contributed by atoms with Crippen molar-refractivity contribution in [1.82, 2.24) is 9.78 Å². The number of esters is 1. The molecule has 0 saturated carbocycles. The highest BCUT2D eigenvalue weighted by Crippen LogP contribution is 2.17. The molecule has 0 unspecified atom stereocenters. The molecule has 1 N–H and O–H groups in total. The maximum Gasteiger partial charge on any atom is 0.339 e. The number of anilines is 1. The highest BCUT2D eigenvalue weighted by molar-refractivity contribution is 6.07. The number of amides is 1. The van der Waals surface area contributed by atoms with Gasteiger partial charge in [-0.15, -0.1) is 0 Å². The molecule has 3 rings (SSSR count). The SMILES string of the molecule is COC(=O)c1ccccc1NC(=O)c1ccc(Cn2cccn2)cc1. The second kappa shape index (κ2) is 7.44. The third-order valence-electron chi connectivity index (χ3n) is 3.70. The maximum absolute atomic E-state index is 12.4. The number of benzene rings is 2. The zero-order chi connectivity index (χ0) is 17.6. The summed E-state index contributed by atoms with van der Waals surface area (Å²) in [5, 5.41) is 6.90. The van der Waals surface area contributed by atoms with Crippen LogP contribution in [0.4, 0.5) is 5.69 Å². The zero-order valence-electron chi connectivity index (χ0n) is 13.7.